The molecule has 1 aromatic rings. The van der Waals surface area contributed by atoms with Crippen LogP contribution in [0.4, 0.5) is 5.13 Å². The maximum absolute atomic E-state index is 11.5. The summed E-state index contributed by atoms with van der Waals surface area (Å²) in [5.74, 6) is -0.128. The summed E-state index contributed by atoms with van der Waals surface area (Å²) in [6.07, 6.45) is 2.63. The van der Waals surface area contributed by atoms with Gasteiger partial charge in [0.2, 0.25) is 0 Å². The minimum absolute atomic E-state index is 0.128. The maximum Gasteiger partial charge on any atom is 0.252 e. The minimum Gasteiger partial charge on any atom is -0.375 e. The van der Waals surface area contributed by atoms with Crippen molar-refractivity contribution in [1.82, 2.24) is 10.3 Å². The van der Waals surface area contributed by atoms with Gasteiger partial charge in [-0.25, -0.2) is 4.98 Å². The molecular formula is C10H15N3O2S. The molecule has 5 nitrogen and oxygen atoms in total. The van der Waals surface area contributed by atoms with Gasteiger partial charge in [0.25, 0.3) is 5.91 Å². The molecule has 0 unspecified atom stereocenters. The highest BCUT2D eigenvalue weighted by Crippen LogP contribution is 2.19. The summed E-state index contributed by atoms with van der Waals surface area (Å²) in [7, 11) is 1.60. The fourth-order valence-electron chi connectivity index (χ4n) is 1.06. The molecule has 0 saturated heterocycles. The lowest BCUT2D eigenvalue weighted by molar-refractivity contribution is -0.115. The second-order valence-electron chi connectivity index (χ2n) is 2.68. The van der Waals surface area contributed by atoms with E-state index in [9.17, 15) is 4.79 Å². The topological polar surface area (TPSA) is 85.1 Å². The largest absolute Gasteiger partial charge is 0.375 e. The number of nitrogens with zero attached hydrogens (tertiary/aromatic N) is 1. The van der Waals surface area contributed by atoms with Gasteiger partial charge in [0.05, 0.1) is 11.3 Å². The Hall–Kier alpha value is -1.69. The number of rotatable bonds is 3. The summed E-state index contributed by atoms with van der Waals surface area (Å²) in [4.78, 5) is 23.5. The summed E-state index contributed by atoms with van der Waals surface area (Å²) >= 11 is 1.33. The molecule has 1 heterocycles. The number of nitrogens with one attached hydrogen (secondary N) is 1. The molecule has 88 valence electrons. The second kappa shape index (κ2) is 7.58. The average molecular weight is 241 g/mol. The quantitative estimate of drug-likeness (QED) is 0.775. The van der Waals surface area contributed by atoms with Gasteiger partial charge in [-0.05, 0) is 6.42 Å². The third kappa shape index (κ3) is 3.82. The van der Waals surface area contributed by atoms with Crippen LogP contribution in [0.15, 0.2) is 11.5 Å². The van der Waals surface area contributed by atoms with Crippen molar-refractivity contribution in [3.05, 3.63) is 17.2 Å². The number of anilines is 1. The molecule has 16 heavy (non-hydrogen) atoms. The van der Waals surface area contributed by atoms with Crippen LogP contribution in [-0.2, 0) is 9.59 Å². The zero-order valence-electron chi connectivity index (χ0n) is 9.32. The number of allylic oxidation sites excluding steroid dienone is 1. The van der Waals surface area contributed by atoms with E-state index in [0.29, 0.717) is 16.4 Å². The molecule has 1 amide bonds. The molecule has 0 radical (unpaired) electrons. The third-order valence-electron chi connectivity index (χ3n) is 1.68. The molecular weight excluding hydrogens is 226 g/mol. The summed E-state index contributed by atoms with van der Waals surface area (Å²) in [6, 6.07) is 0. The van der Waals surface area contributed by atoms with E-state index in [0.717, 1.165) is 6.42 Å². The Labute approximate surface area is 98.4 Å². The van der Waals surface area contributed by atoms with E-state index in [2.05, 4.69) is 10.3 Å². The first kappa shape index (κ1) is 14.3. The first-order valence-corrected chi connectivity index (χ1v) is 5.49. The molecule has 0 saturated carbocycles. The van der Waals surface area contributed by atoms with Gasteiger partial charge in [-0.2, -0.15) is 0 Å². The average Bonchev–Trinajstić information content (AvgIpc) is 2.74. The third-order valence-corrected chi connectivity index (χ3v) is 2.35. The van der Waals surface area contributed by atoms with Gasteiger partial charge >= 0.3 is 0 Å². The fraction of sp³-hybridized carbons (Fsp3) is 0.300. The summed E-state index contributed by atoms with van der Waals surface area (Å²) in [6.45, 7) is 3.97. The normalized spacial score (nSPS) is 10.2. The lowest BCUT2D eigenvalue weighted by Gasteiger charge is -2.01. The SMILES string of the molecule is C=O.CC/C=C(\C(=O)NC)c1csc(N)n1. The highest BCUT2D eigenvalue weighted by molar-refractivity contribution is 7.13. The first-order valence-electron chi connectivity index (χ1n) is 4.61. The summed E-state index contributed by atoms with van der Waals surface area (Å²) in [5.41, 5.74) is 6.74. The van der Waals surface area contributed by atoms with Crippen LogP contribution < -0.4 is 11.1 Å². The minimum atomic E-state index is -0.128. The molecule has 0 atom stereocenters. The van der Waals surface area contributed by atoms with E-state index in [-0.39, 0.29) is 5.91 Å². The molecule has 1 aromatic heterocycles. The van der Waals surface area contributed by atoms with Crippen LogP contribution in [0.2, 0.25) is 0 Å². The number of likely N-dealkylation sites (N-methyl/N-ethyl adjacent to an activating group) is 1. The lowest BCUT2D eigenvalue weighted by Crippen LogP contribution is -2.19. The van der Waals surface area contributed by atoms with E-state index in [1.165, 1.54) is 11.3 Å². The van der Waals surface area contributed by atoms with E-state index in [1.54, 1.807) is 12.4 Å². The molecule has 0 fully saturated rings. The molecule has 0 bridgehead atoms. The van der Waals surface area contributed by atoms with Gasteiger partial charge in [-0.15, -0.1) is 11.3 Å². The predicted octanol–water partition coefficient (Wildman–Crippen LogP) is 1.08. The van der Waals surface area contributed by atoms with Crippen molar-refractivity contribution in [1.29, 1.82) is 0 Å². The zero-order chi connectivity index (χ0) is 12.6. The van der Waals surface area contributed by atoms with Crippen molar-refractivity contribution in [2.24, 2.45) is 0 Å². The van der Waals surface area contributed by atoms with Crippen molar-refractivity contribution in [3.63, 3.8) is 0 Å². The zero-order valence-corrected chi connectivity index (χ0v) is 10.1. The highest BCUT2D eigenvalue weighted by Gasteiger charge is 2.12. The van der Waals surface area contributed by atoms with E-state index in [1.807, 2.05) is 19.8 Å². The van der Waals surface area contributed by atoms with Gasteiger partial charge in [-0.1, -0.05) is 13.0 Å². The van der Waals surface area contributed by atoms with Crippen LogP contribution in [-0.4, -0.2) is 24.7 Å². The smallest absolute Gasteiger partial charge is 0.252 e. The highest BCUT2D eigenvalue weighted by atomic mass is 32.1. The van der Waals surface area contributed by atoms with Crippen molar-refractivity contribution in [2.45, 2.75) is 13.3 Å². The fourth-order valence-corrected chi connectivity index (χ4v) is 1.63. The van der Waals surface area contributed by atoms with Crippen molar-refractivity contribution in [2.75, 3.05) is 12.8 Å². The molecule has 0 aliphatic rings. The van der Waals surface area contributed by atoms with Gasteiger partial charge in [0, 0.05) is 12.4 Å². The molecule has 3 N–H and O–H groups in total. The van der Waals surface area contributed by atoms with Gasteiger partial charge < -0.3 is 15.8 Å². The van der Waals surface area contributed by atoms with Crippen molar-refractivity contribution >= 4 is 34.7 Å². The molecule has 0 aliphatic heterocycles. The summed E-state index contributed by atoms with van der Waals surface area (Å²) < 4.78 is 0. The Balaban J connectivity index is 0.00000106. The Morgan fingerprint density at radius 1 is 1.69 bits per heavy atom. The number of hydrogen-bond donors (Lipinski definition) is 2. The summed E-state index contributed by atoms with van der Waals surface area (Å²) in [5, 5.41) is 4.84. The van der Waals surface area contributed by atoms with E-state index < -0.39 is 0 Å². The Kier molecular flexibility index (Phi) is 6.78. The molecule has 6 heteroatoms. The van der Waals surface area contributed by atoms with Crippen molar-refractivity contribution < 1.29 is 9.59 Å². The predicted molar refractivity (Wildman–Crippen MR) is 66.0 cm³/mol. The van der Waals surface area contributed by atoms with Crippen LogP contribution in [0.3, 0.4) is 0 Å². The number of hydrogen-bond acceptors (Lipinski definition) is 5. The standard InChI is InChI=1S/C9H13N3OS.CH2O/c1-3-4-6(8(13)11-2)7-5-14-9(10)12-7;1-2/h4-5H,3H2,1-2H3,(H2,10,12)(H,11,13);1H2/b6-4-;. The Bertz CT molecular complexity index is 374. The molecule has 0 spiro atoms. The second-order valence-corrected chi connectivity index (χ2v) is 3.57. The number of carbonyl (C=O) groups is 2. The lowest BCUT2D eigenvalue weighted by atomic mass is 10.1. The maximum atomic E-state index is 11.5. The van der Waals surface area contributed by atoms with Crippen LogP contribution in [0.5, 0.6) is 0 Å². The van der Waals surface area contributed by atoms with E-state index >= 15 is 0 Å². The number of thiazole rings is 1. The number of aromatic nitrogens is 1. The van der Waals surface area contributed by atoms with E-state index in [4.69, 9.17) is 10.5 Å². The van der Waals surface area contributed by atoms with Gasteiger partial charge in [0.1, 0.15) is 6.79 Å². The molecule has 0 aromatic carbocycles. The van der Waals surface area contributed by atoms with Gasteiger partial charge in [-0.3, -0.25) is 4.79 Å². The number of nitrogens with two attached hydrogens (primary N) is 1. The van der Waals surface area contributed by atoms with Gasteiger partial charge in [0.15, 0.2) is 5.13 Å². The van der Waals surface area contributed by atoms with Crippen LogP contribution >= 0.6 is 11.3 Å². The van der Waals surface area contributed by atoms with Crippen LogP contribution in [0.25, 0.3) is 5.57 Å². The Morgan fingerprint density at radius 3 is 2.69 bits per heavy atom. The molecule has 0 aliphatic carbocycles. The number of carbonyl (C=O) groups excluding carboxylic acids is 2. The molecule has 1 rings (SSSR count). The monoisotopic (exact) mass is 241 g/mol. The van der Waals surface area contributed by atoms with Crippen LogP contribution in [0.1, 0.15) is 19.0 Å². The van der Waals surface area contributed by atoms with Crippen LogP contribution in [0, 0.1) is 0 Å². The number of amides is 1. The number of nitrogen functional groups attached to an aromatic ring is 1. The Morgan fingerprint density at radius 2 is 2.31 bits per heavy atom. The first-order chi connectivity index (χ1) is 7.69. The van der Waals surface area contributed by atoms with Crippen molar-refractivity contribution in [3.8, 4) is 0 Å².